The van der Waals surface area contributed by atoms with Crippen molar-refractivity contribution in [2.75, 3.05) is 20.8 Å². The molecule has 27 heavy (non-hydrogen) atoms. The van der Waals surface area contributed by atoms with Crippen LogP contribution in [0, 0.1) is 0 Å². The summed E-state index contributed by atoms with van der Waals surface area (Å²) in [6, 6.07) is 12.7. The topological polar surface area (TPSA) is 56.8 Å². The number of methoxy groups -OCH3 is 2. The maximum Gasteiger partial charge on any atom is 0.251 e. The van der Waals surface area contributed by atoms with Crippen LogP contribution in [0.2, 0.25) is 0 Å². The summed E-state index contributed by atoms with van der Waals surface area (Å²) in [7, 11) is 3.19. The van der Waals surface area contributed by atoms with Crippen LogP contribution in [0.5, 0.6) is 17.2 Å². The fraction of sp³-hybridized carbons (Fsp3) is 0.318. The molecule has 0 saturated heterocycles. The van der Waals surface area contributed by atoms with Crippen LogP contribution in [0.1, 0.15) is 42.2 Å². The summed E-state index contributed by atoms with van der Waals surface area (Å²) < 4.78 is 16.3. The van der Waals surface area contributed by atoms with Crippen molar-refractivity contribution in [2.24, 2.45) is 0 Å². The van der Waals surface area contributed by atoms with E-state index in [1.807, 2.05) is 38.1 Å². The Balaban J connectivity index is 2.15. The van der Waals surface area contributed by atoms with E-state index < -0.39 is 0 Å². The van der Waals surface area contributed by atoms with Crippen LogP contribution in [0.25, 0.3) is 0 Å². The predicted octanol–water partition coefficient (Wildman–Crippen LogP) is 4.54. The number of hydrogen-bond acceptors (Lipinski definition) is 4. The van der Waals surface area contributed by atoms with Gasteiger partial charge in [-0.3, -0.25) is 4.79 Å². The maximum absolute atomic E-state index is 12.7. The lowest BCUT2D eigenvalue weighted by atomic mass is 10.0. The fourth-order valence-corrected chi connectivity index (χ4v) is 2.67. The minimum absolute atomic E-state index is 0.141. The zero-order chi connectivity index (χ0) is 19.8. The van der Waals surface area contributed by atoms with Crippen molar-refractivity contribution in [1.82, 2.24) is 5.32 Å². The van der Waals surface area contributed by atoms with Gasteiger partial charge in [-0.05, 0) is 54.8 Å². The third-order valence-corrected chi connectivity index (χ3v) is 4.10. The molecule has 5 heteroatoms. The van der Waals surface area contributed by atoms with Crippen molar-refractivity contribution in [3.05, 3.63) is 65.7 Å². The van der Waals surface area contributed by atoms with Crippen LogP contribution in [-0.4, -0.2) is 26.7 Å². The van der Waals surface area contributed by atoms with E-state index in [9.17, 15) is 4.79 Å². The Hall–Kier alpha value is -2.95. The highest BCUT2D eigenvalue weighted by Gasteiger charge is 2.16. The summed E-state index contributed by atoms with van der Waals surface area (Å²) in [6.07, 6.45) is 0.743. The molecule has 5 nitrogen and oxygen atoms in total. The van der Waals surface area contributed by atoms with Gasteiger partial charge in [0.25, 0.3) is 5.91 Å². The van der Waals surface area contributed by atoms with Crippen molar-refractivity contribution in [1.29, 1.82) is 0 Å². The van der Waals surface area contributed by atoms with Crippen molar-refractivity contribution in [3.63, 3.8) is 0 Å². The Morgan fingerprint density at radius 1 is 1.11 bits per heavy atom. The number of carbonyl (C=O) groups is 1. The number of rotatable bonds is 9. The Bertz CT molecular complexity index is 801. The highest BCUT2D eigenvalue weighted by Crippen LogP contribution is 2.31. The molecule has 0 heterocycles. The molecule has 0 unspecified atom stereocenters. The van der Waals surface area contributed by atoms with Crippen LogP contribution < -0.4 is 19.5 Å². The largest absolute Gasteiger partial charge is 0.493 e. The second kappa shape index (κ2) is 9.67. The standard InChI is InChI=1S/C22H27NO4/c1-6-19(16-10-11-20(25-4)21(13-16)26-5)23-22(24)17-8-7-9-18(12-17)27-14-15(2)3/h7-13,19H,2,6,14H2,1,3-5H3,(H,23,24)/t19-/m1/s1. The molecule has 0 aliphatic heterocycles. The number of carbonyl (C=O) groups excluding carboxylic acids is 1. The zero-order valence-electron chi connectivity index (χ0n) is 16.4. The number of amides is 1. The van der Waals surface area contributed by atoms with Gasteiger partial charge in [0.2, 0.25) is 0 Å². The lowest BCUT2D eigenvalue weighted by molar-refractivity contribution is 0.0935. The molecule has 0 aliphatic rings. The second-order valence-corrected chi connectivity index (χ2v) is 6.32. The molecule has 2 aromatic rings. The first-order chi connectivity index (χ1) is 13.0. The third-order valence-electron chi connectivity index (χ3n) is 4.10. The van der Waals surface area contributed by atoms with E-state index >= 15 is 0 Å². The molecule has 0 aromatic heterocycles. The molecule has 2 rings (SSSR count). The minimum atomic E-state index is -0.155. The van der Waals surface area contributed by atoms with E-state index in [1.165, 1.54) is 0 Å². The Kier molecular flexibility index (Phi) is 7.29. The molecule has 144 valence electrons. The van der Waals surface area contributed by atoms with Crippen molar-refractivity contribution in [3.8, 4) is 17.2 Å². The summed E-state index contributed by atoms with van der Waals surface area (Å²) in [4.78, 5) is 12.7. The van der Waals surface area contributed by atoms with Gasteiger partial charge >= 0.3 is 0 Å². The Morgan fingerprint density at radius 3 is 2.48 bits per heavy atom. The molecule has 1 N–H and O–H groups in total. The van der Waals surface area contributed by atoms with Crippen LogP contribution in [-0.2, 0) is 0 Å². The normalized spacial score (nSPS) is 11.4. The van der Waals surface area contributed by atoms with Gasteiger partial charge in [-0.25, -0.2) is 0 Å². The minimum Gasteiger partial charge on any atom is -0.493 e. The van der Waals surface area contributed by atoms with Crippen LogP contribution in [0.3, 0.4) is 0 Å². The van der Waals surface area contributed by atoms with E-state index in [1.54, 1.807) is 32.4 Å². The van der Waals surface area contributed by atoms with E-state index in [4.69, 9.17) is 14.2 Å². The first kappa shape index (κ1) is 20.4. The van der Waals surface area contributed by atoms with Crippen molar-refractivity contribution in [2.45, 2.75) is 26.3 Å². The maximum atomic E-state index is 12.7. The van der Waals surface area contributed by atoms with Gasteiger partial charge in [0.05, 0.1) is 20.3 Å². The molecule has 0 bridgehead atoms. The molecule has 1 atom stereocenters. The average Bonchev–Trinajstić information content (AvgIpc) is 2.69. The highest BCUT2D eigenvalue weighted by molar-refractivity contribution is 5.94. The van der Waals surface area contributed by atoms with E-state index in [0.717, 1.165) is 17.6 Å². The lowest BCUT2D eigenvalue weighted by Gasteiger charge is -2.19. The predicted molar refractivity (Wildman–Crippen MR) is 107 cm³/mol. The Labute approximate surface area is 161 Å². The fourth-order valence-electron chi connectivity index (χ4n) is 2.67. The first-order valence-electron chi connectivity index (χ1n) is 8.88. The summed E-state index contributed by atoms with van der Waals surface area (Å²) in [5.74, 6) is 1.78. The molecule has 0 radical (unpaired) electrons. The van der Waals surface area contributed by atoms with Gasteiger partial charge in [-0.15, -0.1) is 0 Å². The van der Waals surface area contributed by atoms with Gasteiger partial charge in [0, 0.05) is 5.56 Å². The second-order valence-electron chi connectivity index (χ2n) is 6.32. The molecular weight excluding hydrogens is 342 g/mol. The number of nitrogens with one attached hydrogen (secondary N) is 1. The van der Waals surface area contributed by atoms with Crippen LogP contribution in [0.15, 0.2) is 54.6 Å². The summed E-state index contributed by atoms with van der Waals surface area (Å²) >= 11 is 0. The molecule has 0 aliphatic carbocycles. The van der Waals surface area contributed by atoms with Crippen LogP contribution >= 0.6 is 0 Å². The molecule has 1 amide bonds. The van der Waals surface area contributed by atoms with E-state index in [2.05, 4.69) is 11.9 Å². The smallest absolute Gasteiger partial charge is 0.251 e. The van der Waals surface area contributed by atoms with E-state index in [-0.39, 0.29) is 11.9 Å². The first-order valence-corrected chi connectivity index (χ1v) is 8.88. The molecule has 0 fully saturated rings. The van der Waals surface area contributed by atoms with Crippen LogP contribution in [0.4, 0.5) is 0 Å². The highest BCUT2D eigenvalue weighted by atomic mass is 16.5. The molecular formula is C22H27NO4. The summed E-state index contributed by atoms with van der Waals surface area (Å²) in [6.45, 7) is 8.16. The average molecular weight is 369 g/mol. The monoisotopic (exact) mass is 369 g/mol. The zero-order valence-corrected chi connectivity index (χ0v) is 16.4. The van der Waals surface area contributed by atoms with Gasteiger partial charge < -0.3 is 19.5 Å². The lowest BCUT2D eigenvalue weighted by Crippen LogP contribution is -2.28. The van der Waals surface area contributed by atoms with Crippen molar-refractivity contribution < 1.29 is 19.0 Å². The summed E-state index contributed by atoms with van der Waals surface area (Å²) in [5.41, 5.74) is 2.43. The number of ether oxygens (including phenoxy) is 3. The number of hydrogen-bond donors (Lipinski definition) is 1. The Morgan fingerprint density at radius 2 is 1.85 bits per heavy atom. The van der Waals surface area contributed by atoms with E-state index in [0.29, 0.717) is 29.4 Å². The van der Waals surface area contributed by atoms with Gasteiger partial charge in [-0.1, -0.05) is 25.6 Å². The molecule has 2 aromatic carbocycles. The third kappa shape index (κ3) is 5.51. The van der Waals surface area contributed by atoms with Gasteiger partial charge in [0.1, 0.15) is 12.4 Å². The molecule has 0 spiro atoms. The SMILES string of the molecule is C=C(C)COc1cccc(C(=O)N[C@H](CC)c2ccc(OC)c(OC)c2)c1. The van der Waals surface area contributed by atoms with Crippen molar-refractivity contribution >= 4 is 5.91 Å². The van der Waals surface area contributed by atoms with Gasteiger partial charge in [0.15, 0.2) is 11.5 Å². The molecule has 0 saturated carbocycles. The van der Waals surface area contributed by atoms with Gasteiger partial charge in [-0.2, -0.15) is 0 Å². The quantitative estimate of drug-likeness (QED) is 0.659. The number of benzene rings is 2. The summed E-state index contributed by atoms with van der Waals surface area (Å²) in [5, 5.41) is 3.07.